The second-order valence-corrected chi connectivity index (χ2v) is 5.74. The second kappa shape index (κ2) is 8.54. The van der Waals surface area contributed by atoms with Gasteiger partial charge in [0.05, 0.1) is 12.0 Å². The molecule has 9 heteroatoms. The number of benzene rings is 1. The third kappa shape index (κ3) is 4.97. The van der Waals surface area contributed by atoms with Crippen molar-refractivity contribution in [2.45, 2.75) is 25.3 Å². The summed E-state index contributed by atoms with van der Waals surface area (Å²) in [7, 11) is 3.03. The molecule has 0 radical (unpaired) electrons. The molecule has 1 unspecified atom stereocenters. The van der Waals surface area contributed by atoms with Crippen LogP contribution in [0.15, 0.2) is 24.3 Å². The van der Waals surface area contributed by atoms with Gasteiger partial charge in [0.1, 0.15) is 18.3 Å². The summed E-state index contributed by atoms with van der Waals surface area (Å²) in [6.07, 6.45) is 2.40. The summed E-state index contributed by atoms with van der Waals surface area (Å²) in [5.74, 6) is -0.599. The molecule has 0 aliphatic carbocycles. The number of likely N-dealkylation sites (N-methyl/N-ethyl adjacent to an activating group) is 1. The molecule has 0 aromatic heterocycles. The lowest BCUT2D eigenvalue weighted by Gasteiger charge is -2.39. The van der Waals surface area contributed by atoms with Crippen LogP contribution in [0, 0.1) is 10.1 Å². The topological polar surface area (TPSA) is 102 Å². The monoisotopic (exact) mass is 351 g/mol. The zero-order valence-corrected chi connectivity index (χ0v) is 14.2. The van der Waals surface area contributed by atoms with Gasteiger partial charge in [-0.15, -0.1) is 0 Å². The van der Waals surface area contributed by atoms with E-state index in [1.165, 1.54) is 31.4 Å². The minimum atomic E-state index is -0.518. The number of hydrogen-bond acceptors (Lipinski definition) is 8. The number of piperidine rings is 1. The number of carbonyl (C=O) groups excluding carboxylic acids is 2. The van der Waals surface area contributed by atoms with Crippen molar-refractivity contribution in [1.82, 2.24) is 10.0 Å². The van der Waals surface area contributed by atoms with Gasteiger partial charge in [0, 0.05) is 25.7 Å². The Morgan fingerprint density at radius 2 is 2.00 bits per heavy atom. The molecule has 1 aliphatic heterocycles. The molecular formula is C16H21N3O6. The Morgan fingerprint density at radius 1 is 1.32 bits per heavy atom. The van der Waals surface area contributed by atoms with Gasteiger partial charge in [-0.1, -0.05) is 0 Å². The highest BCUT2D eigenvalue weighted by Gasteiger charge is 2.33. The van der Waals surface area contributed by atoms with E-state index in [1.54, 1.807) is 17.1 Å². The Hall–Kier alpha value is -2.52. The minimum Gasteiger partial charge on any atom is -0.468 e. The fraction of sp³-hybridized carbons (Fsp3) is 0.500. The molecule has 136 valence electrons. The summed E-state index contributed by atoms with van der Waals surface area (Å²) in [4.78, 5) is 34.1. The molecule has 0 spiro atoms. The number of nitrogens with zero attached hydrogens (tertiary/aromatic N) is 3. The summed E-state index contributed by atoms with van der Waals surface area (Å²) in [6.45, 7) is 0.672. The van der Waals surface area contributed by atoms with Gasteiger partial charge in [-0.25, -0.2) is 14.8 Å². The normalized spacial score (nSPS) is 18.0. The Bertz CT molecular complexity index is 633. The van der Waals surface area contributed by atoms with Crippen LogP contribution in [0.5, 0.6) is 5.75 Å². The van der Waals surface area contributed by atoms with E-state index < -0.39 is 22.9 Å². The number of hydrogen-bond donors (Lipinski definition) is 0. The van der Waals surface area contributed by atoms with Crippen LogP contribution in [-0.2, 0) is 14.3 Å². The van der Waals surface area contributed by atoms with Gasteiger partial charge < -0.3 is 9.47 Å². The van der Waals surface area contributed by atoms with Gasteiger partial charge >= 0.3 is 11.9 Å². The van der Waals surface area contributed by atoms with E-state index in [2.05, 4.69) is 4.74 Å². The molecule has 1 aromatic rings. The van der Waals surface area contributed by atoms with Crippen molar-refractivity contribution in [2.75, 3.05) is 27.2 Å². The number of non-ortho nitro benzene ring substituents is 1. The van der Waals surface area contributed by atoms with Crippen molar-refractivity contribution < 1.29 is 24.0 Å². The second-order valence-electron chi connectivity index (χ2n) is 5.74. The van der Waals surface area contributed by atoms with E-state index in [0.29, 0.717) is 13.0 Å². The quantitative estimate of drug-likeness (QED) is 0.328. The summed E-state index contributed by atoms with van der Waals surface area (Å²) >= 11 is 0. The van der Waals surface area contributed by atoms with E-state index in [1.807, 2.05) is 0 Å². The maximum Gasteiger partial charge on any atom is 0.330 e. The molecule has 25 heavy (non-hydrogen) atoms. The lowest BCUT2D eigenvalue weighted by atomic mass is 10.0. The van der Waals surface area contributed by atoms with Crippen molar-refractivity contribution in [3.05, 3.63) is 34.4 Å². The number of ether oxygens (including phenoxy) is 2. The molecule has 1 aromatic carbocycles. The van der Waals surface area contributed by atoms with E-state index >= 15 is 0 Å². The third-order valence-electron chi connectivity index (χ3n) is 4.04. The van der Waals surface area contributed by atoms with Crippen LogP contribution in [0.3, 0.4) is 0 Å². The first-order valence-corrected chi connectivity index (χ1v) is 7.93. The van der Waals surface area contributed by atoms with Crippen LogP contribution in [0.1, 0.15) is 19.3 Å². The summed E-state index contributed by atoms with van der Waals surface area (Å²) < 4.78 is 10.0. The highest BCUT2D eigenvalue weighted by Crippen LogP contribution is 2.22. The van der Waals surface area contributed by atoms with Gasteiger partial charge in [0.15, 0.2) is 0 Å². The lowest BCUT2D eigenvalue weighted by molar-refractivity contribution is -0.384. The standard InChI is InChI=1S/C16H21N3O6/c1-17(11-15(20)24-2)18-10-4-3-5-14(18)16(21)25-13-8-6-12(7-9-13)19(22)23/h6-9,14H,3-5,10-11H2,1-2H3. The van der Waals surface area contributed by atoms with Crippen LogP contribution in [0.25, 0.3) is 0 Å². The summed E-state index contributed by atoms with van der Waals surface area (Å²) in [6, 6.07) is 4.83. The van der Waals surface area contributed by atoms with E-state index in [9.17, 15) is 19.7 Å². The van der Waals surface area contributed by atoms with E-state index in [-0.39, 0.29) is 18.0 Å². The van der Waals surface area contributed by atoms with E-state index in [0.717, 1.165) is 12.8 Å². The number of nitro benzene ring substituents is 1. The van der Waals surface area contributed by atoms with Crippen LogP contribution in [0.4, 0.5) is 5.69 Å². The highest BCUT2D eigenvalue weighted by molar-refractivity contribution is 5.78. The third-order valence-corrected chi connectivity index (χ3v) is 4.04. The molecule has 9 nitrogen and oxygen atoms in total. The van der Waals surface area contributed by atoms with E-state index in [4.69, 9.17) is 4.74 Å². The molecule has 0 amide bonds. The molecule has 1 fully saturated rings. The number of carbonyl (C=O) groups is 2. The maximum absolute atomic E-state index is 12.5. The molecule has 1 saturated heterocycles. The zero-order valence-electron chi connectivity index (χ0n) is 14.2. The smallest absolute Gasteiger partial charge is 0.330 e. The largest absolute Gasteiger partial charge is 0.468 e. The van der Waals surface area contributed by atoms with Gasteiger partial charge in [0.2, 0.25) is 0 Å². The van der Waals surface area contributed by atoms with Gasteiger partial charge in [-0.05, 0) is 31.4 Å². The highest BCUT2D eigenvalue weighted by atomic mass is 16.6. The van der Waals surface area contributed by atoms with Crippen LogP contribution in [-0.4, -0.2) is 60.2 Å². The van der Waals surface area contributed by atoms with Gasteiger partial charge in [0.25, 0.3) is 5.69 Å². The Morgan fingerprint density at radius 3 is 2.60 bits per heavy atom. The minimum absolute atomic E-state index is 0.0395. The Labute approximate surface area is 145 Å². The molecule has 1 aliphatic rings. The predicted octanol–water partition coefficient (Wildman–Crippen LogP) is 1.37. The lowest BCUT2D eigenvalue weighted by Crippen LogP contribution is -2.55. The van der Waals surface area contributed by atoms with Gasteiger partial charge in [-0.2, -0.15) is 0 Å². The van der Waals surface area contributed by atoms with Crippen molar-refractivity contribution >= 4 is 17.6 Å². The van der Waals surface area contributed by atoms with Crippen LogP contribution >= 0.6 is 0 Å². The van der Waals surface area contributed by atoms with Crippen LogP contribution in [0.2, 0.25) is 0 Å². The van der Waals surface area contributed by atoms with Crippen molar-refractivity contribution in [2.24, 2.45) is 0 Å². The zero-order chi connectivity index (χ0) is 18.4. The fourth-order valence-electron chi connectivity index (χ4n) is 2.73. The fourth-order valence-corrected chi connectivity index (χ4v) is 2.73. The predicted molar refractivity (Wildman–Crippen MR) is 87.7 cm³/mol. The first kappa shape index (κ1) is 18.8. The average Bonchev–Trinajstić information content (AvgIpc) is 2.61. The molecule has 0 bridgehead atoms. The van der Waals surface area contributed by atoms with Crippen molar-refractivity contribution in [1.29, 1.82) is 0 Å². The number of rotatable bonds is 6. The first-order chi connectivity index (χ1) is 11.9. The number of methoxy groups -OCH3 is 1. The van der Waals surface area contributed by atoms with Gasteiger partial charge in [-0.3, -0.25) is 14.9 Å². The Kier molecular flexibility index (Phi) is 6.43. The number of nitro groups is 1. The molecule has 0 saturated carbocycles. The summed E-state index contributed by atoms with van der Waals surface area (Å²) in [5.41, 5.74) is -0.0723. The average molecular weight is 351 g/mol. The molecule has 1 atom stereocenters. The summed E-state index contributed by atoms with van der Waals surface area (Å²) in [5, 5.41) is 14.1. The SMILES string of the molecule is COC(=O)CN(C)N1CCCCC1C(=O)Oc1ccc([N+](=O)[O-])cc1. The molecular weight excluding hydrogens is 330 g/mol. The number of hydrazine groups is 1. The van der Waals surface area contributed by atoms with Crippen molar-refractivity contribution in [3.63, 3.8) is 0 Å². The van der Waals surface area contributed by atoms with Crippen LogP contribution < -0.4 is 4.74 Å². The van der Waals surface area contributed by atoms with Crippen molar-refractivity contribution in [3.8, 4) is 5.75 Å². The maximum atomic E-state index is 12.5. The molecule has 1 heterocycles. The number of esters is 2. The first-order valence-electron chi connectivity index (χ1n) is 7.93. The molecule has 2 rings (SSSR count). The molecule has 0 N–H and O–H groups in total. The Balaban J connectivity index is 2.04.